The standard InChI is InChI=1S/C10H18N2O5/c1-10(2,5-13)7(15)9(17)12-4-3-6(14)8(11)16/h7,13,15H,3-5H2,1-2H3,(H2,11,16)(H,12,17)/t7-/m0/s1. The molecule has 0 aliphatic heterocycles. The number of carbonyl (C=O) groups excluding carboxylic acids is 3. The van der Waals surface area contributed by atoms with Crippen molar-refractivity contribution in [3.05, 3.63) is 0 Å². The van der Waals surface area contributed by atoms with Gasteiger partial charge in [0.15, 0.2) is 0 Å². The second-order valence-corrected chi connectivity index (χ2v) is 4.38. The van der Waals surface area contributed by atoms with Crippen LogP contribution in [0, 0.1) is 5.41 Å². The Morgan fingerprint density at radius 2 is 1.88 bits per heavy atom. The van der Waals surface area contributed by atoms with Crippen molar-refractivity contribution in [2.45, 2.75) is 26.4 Å². The zero-order chi connectivity index (χ0) is 13.6. The smallest absolute Gasteiger partial charge is 0.284 e. The van der Waals surface area contributed by atoms with Crippen molar-refractivity contribution in [2.75, 3.05) is 13.2 Å². The van der Waals surface area contributed by atoms with Gasteiger partial charge in [0.1, 0.15) is 6.10 Å². The summed E-state index contributed by atoms with van der Waals surface area (Å²) in [6.45, 7) is 2.60. The van der Waals surface area contributed by atoms with Crippen molar-refractivity contribution in [3.63, 3.8) is 0 Å². The zero-order valence-corrected chi connectivity index (χ0v) is 9.90. The van der Waals surface area contributed by atoms with E-state index in [0.29, 0.717) is 0 Å². The van der Waals surface area contributed by atoms with Gasteiger partial charge in [-0.05, 0) is 0 Å². The Balaban J connectivity index is 4.12. The summed E-state index contributed by atoms with van der Waals surface area (Å²) in [6.07, 6.45) is -1.61. The van der Waals surface area contributed by atoms with Crippen LogP contribution in [0.4, 0.5) is 0 Å². The van der Waals surface area contributed by atoms with Crippen LogP contribution < -0.4 is 11.1 Å². The lowest BCUT2D eigenvalue weighted by atomic mass is 9.87. The molecule has 0 fully saturated rings. The van der Waals surface area contributed by atoms with Gasteiger partial charge < -0.3 is 21.3 Å². The van der Waals surface area contributed by atoms with Gasteiger partial charge in [-0.1, -0.05) is 13.8 Å². The topological polar surface area (TPSA) is 130 Å². The Hall–Kier alpha value is -1.47. The molecule has 0 bridgehead atoms. The molecule has 0 radical (unpaired) electrons. The molecule has 2 amide bonds. The lowest BCUT2D eigenvalue weighted by molar-refractivity contribution is -0.138. The maximum absolute atomic E-state index is 11.4. The third-order valence-corrected chi connectivity index (χ3v) is 2.32. The molecule has 0 saturated heterocycles. The second-order valence-electron chi connectivity index (χ2n) is 4.38. The highest BCUT2D eigenvalue weighted by Gasteiger charge is 2.32. The molecule has 17 heavy (non-hydrogen) atoms. The van der Waals surface area contributed by atoms with Gasteiger partial charge >= 0.3 is 0 Å². The fourth-order valence-corrected chi connectivity index (χ4v) is 0.960. The van der Waals surface area contributed by atoms with Gasteiger partial charge in [0.2, 0.25) is 11.7 Å². The summed E-state index contributed by atoms with van der Waals surface area (Å²) in [5.74, 6) is -2.56. The first-order valence-corrected chi connectivity index (χ1v) is 5.11. The molecule has 0 aromatic heterocycles. The quantitative estimate of drug-likeness (QED) is 0.383. The van der Waals surface area contributed by atoms with Crippen LogP contribution >= 0.6 is 0 Å². The fraction of sp³-hybridized carbons (Fsp3) is 0.700. The minimum atomic E-state index is -1.39. The first-order valence-electron chi connectivity index (χ1n) is 5.11. The van der Waals surface area contributed by atoms with Gasteiger partial charge in [-0.25, -0.2) is 0 Å². The van der Waals surface area contributed by atoms with Crippen molar-refractivity contribution in [2.24, 2.45) is 11.1 Å². The molecule has 0 unspecified atom stereocenters. The summed E-state index contributed by atoms with van der Waals surface area (Å²) in [7, 11) is 0. The van der Waals surface area contributed by atoms with Gasteiger partial charge in [0, 0.05) is 18.4 Å². The van der Waals surface area contributed by atoms with E-state index in [1.165, 1.54) is 13.8 Å². The van der Waals surface area contributed by atoms with Gasteiger partial charge in [-0.15, -0.1) is 0 Å². The van der Waals surface area contributed by atoms with E-state index in [-0.39, 0.29) is 19.6 Å². The van der Waals surface area contributed by atoms with Crippen molar-refractivity contribution >= 4 is 17.6 Å². The van der Waals surface area contributed by atoms with Gasteiger partial charge in [0.05, 0.1) is 6.61 Å². The van der Waals surface area contributed by atoms with Crippen molar-refractivity contribution < 1.29 is 24.6 Å². The van der Waals surface area contributed by atoms with Crippen molar-refractivity contribution in [1.82, 2.24) is 5.32 Å². The largest absolute Gasteiger partial charge is 0.396 e. The first-order chi connectivity index (χ1) is 7.72. The fourth-order valence-electron chi connectivity index (χ4n) is 0.960. The summed E-state index contributed by atoms with van der Waals surface area (Å²) < 4.78 is 0. The highest BCUT2D eigenvalue weighted by molar-refractivity contribution is 6.35. The molecule has 0 aliphatic rings. The lowest BCUT2D eigenvalue weighted by Gasteiger charge is -2.27. The number of nitrogens with two attached hydrogens (primary N) is 1. The molecule has 0 aromatic rings. The van der Waals surface area contributed by atoms with Crippen molar-refractivity contribution in [3.8, 4) is 0 Å². The number of hydrogen-bond donors (Lipinski definition) is 4. The van der Waals surface area contributed by atoms with Crippen LogP contribution in [0.5, 0.6) is 0 Å². The predicted octanol–water partition coefficient (Wildman–Crippen LogP) is -2.07. The zero-order valence-electron chi connectivity index (χ0n) is 9.90. The number of amides is 2. The summed E-state index contributed by atoms with van der Waals surface area (Å²) >= 11 is 0. The predicted molar refractivity (Wildman–Crippen MR) is 58.7 cm³/mol. The number of Topliss-reactive ketones (excluding diaryl/α,β-unsaturated/α-hetero) is 1. The molecular formula is C10H18N2O5. The molecule has 1 atom stereocenters. The summed E-state index contributed by atoms with van der Waals surface area (Å²) in [5.41, 5.74) is 3.75. The lowest BCUT2D eigenvalue weighted by Crippen LogP contribution is -2.46. The molecular weight excluding hydrogens is 228 g/mol. The molecule has 98 valence electrons. The number of aliphatic hydroxyl groups excluding tert-OH is 2. The maximum Gasteiger partial charge on any atom is 0.284 e. The highest BCUT2D eigenvalue weighted by atomic mass is 16.3. The van der Waals surface area contributed by atoms with E-state index in [1.807, 2.05) is 0 Å². The van der Waals surface area contributed by atoms with Gasteiger partial charge in [0.25, 0.3) is 5.91 Å². The van der Waals surface area contributed by atoms with Crippen LogP contribution in [-0.4, -0.2) is 47.1 Å². The Labute approximate surface area is 99.0 Å². The SMILES string of the molecule is CC(C)(CO)[C@@H](O)C(=O)NCCC(=O)C(N)=O. The van der Waals surface area contributed by atoms with Crippen LogP contribution in [0.3, 0.4) is 0 Å². The molecule has 0 aliphatic carbocycles. The minimum absolute atomic E-state index is 0.0842. The van der Waals surface area contributed by atoms with E-state index in [0.717, 1.165) is 0 Å². The normalized spacial score (nSPS) is 12.9. The Kier molecular flexibility index (Phi) is 5.77. The Bertz CT molecular complexity index is 314. The molecule has 0 spiro atoms. The van der Waals surface area contributed by atoms with Gasteiger partial charge in [-0.2, -0.15) is 0 Å². The molecule has 0 aromatic carbocycles. The maximum atomic E-state index is 11.4. The third kappa shape index (κ3) is 4.92. The minimum Gasteiger partial charge on any atom is -0.396 e. The van der Waals surface area contributed by atoms with E-state index >= 15 is 0 Å². The number of aliphatic hydroxyl groups is 2. The molecule has 0 heterocycles. The van der Waals surface area contributed by atoms with Crippen LogP contribution in [-0.2, 0) is 14.4 Å². The second kappa shape index (κ2) is 6.31. The van der Waals surface area contributed by atoms with Crippen LogP contribution in [0.1, 0.15) is 20.3 Å². The average molecular weight is 246 g/mol. The monoisotopic (exact) mass is 246 g/mol. The number of nitrogens with one attached hydrogen (secondary N) is 1. The molecule has 7 nitrogen and oxygen atoms in total. The molecule has 0 saturated carbocycles. The summed E-state index contributed by atoms with van der Waals surface area (Å²) in [4.78, 5) is 32.6. The Morgan fingerprint density at radius 3 is 2.29 bits per heavy atom. The Morgan fingerprint density at radius 1 is 1.35 bits per heavy atom. The molecule has 7 heteroatoms. The van der Waals surface area contributed by atoms with Crippen LogP contribution in [0.2, 0.25) is 0 Å². The van der Waals surface area contributed by atoms with E-state index in [1.54, 1.807) is 0 Å². The number of carbonyl (C=O) groups is 3. The molecule has 0 rings (SSSR count). The van der Waals surface area contributed by atoms with E-state index in [4.69, 9.17) is 10.8 Å². The van der Waals surface area contributed by atoms with Crippen LogP contribution in [0.15, 0.2) is 0 Å². The average Bonchev–Trinajstić information content (AvgIpc) is 2.27. The van der Waals surface area contributed by atoms with Gasteiger partial charge in [-0.3, -0.25) is 14.4 Å². The van der Waals surface area contributed by atoms with E-state index in [2.05, 4.69) is 5.32 Å². The number of rotatable bonds is 7. The molecule has 5 N–H and O–H groups in total. The van der Waals surface area contributed by atoms with Crippen LogP contribution in [0.25, 0.3) is 0 Å². The first kappa shape index (κ1) is 15.5. The van der Waals surface area contributed by atoms with E-state index < -0.39 is 29.1 Å². The number of primary amides is 1. The van der Waals surface area contributed by atoms with Crippen molar-refractivity contribution in [1.29, 1.82) is 0 Å². The van der Waals surface area contributed by atoms with E-state index in [9.17, 15) is 19.5 Å². The number of ketones is 1. The highest BCUT2D eigenvalue weighted by Crippen LogP contribution is 2.19. The number of hydrogen-bond acceptors (Lipinski definition) is 5. The third-order valence-electron chi connectivity index (χ3n) is 2.32. The summed E-state index contributed by atoms with van der Waals surface area (Å²) in [5, 5.41) is 20.8. The summed E-state index contributed by atoms with van der Waals surface area (Å²) in [6, 6.07) is 0.